The Bertz CT molecular complexity index is 654. The van der Waals surface area contributed by atoms with Crippen LogP contribution in [0, 0.1) is 12.7 Å². The molecule has 1 amide bonds. The molecule has 0 fully saturated rings. The summed E-state index contributed by atoms with van der Waals surface area (Å²) in [5.74, 6) is 0.0571. The van der Waals surface area contributed by atoms with Gasteiger partial charge in [-0.3, -0.25) is 9.89 Å². The van der Waals surface area contributed by atoms with Crippen LogP contribution >= 0.6 is 15.9 Å². The van der Waals surface area contributed by atoms with E-state index in [2.05, 4.69) is 36.4 Å². The van der Waals surface area contributed by atoms with Gasteiger partial charge < -0.3 is 5.32 Å². The Morgan fingerprint density at radius 1 is 1.45 bits per heavy atom. The molecule has 7 heteroatoms. The van der Waals surface area contributed by atoms with Crippen LogP contribution in [0.5, 0.6) is 0 Å². The molecule has 1 aromatic heterocycles. The maximum absolute atomic E-state index is 13.3. The minimum absolute atomic E-state index is 0.0635. The molecule has 0 aliphatic heterocycles. The molecule has 0 aliphatic rings. The van der Waals surface area contributed by atoms with Crippen LogP contribution in [0.15, 0.2) is 16.6 Å². The third-order valence-electron chi connectivity index (χ3n) is 2.77. The van der Waals surface area contributed by atoms with E-state index in [1.807, 2.05) is 13.8 Å². The maximum atomic E-state index is 13.3. The van der Waals surface area contributed by atoms with E-state index in [0.29, 0.717) is 17.1 Å². The minimum atomic E-state index is -0.435. The molecule has 0 spiro atoms. The molecule has 0 atom stereocenters. The average Bonchev–Trinajstić information content (AvgIpc) is 2.85. The normalized spacial score (nSPS) is 10.9. The number of aromatic nitrogens is 3. The molecule has 1 heterocycles. The van der Waals surface area contributed by atoms with Gasteiger partial charge in [-0.2, -0.15) is 0 Å². The molecule has 2 N–H and O–H groups in total. The quantitative estimate of drug-likeness (QED) is 0.899. The zero-order valence-electron chi connectivity index (χ0n) is 11.3. The Morgan fingerprint density at radius 2 is 2.15 bits per heavy atom. The monoisotopic (exact) mass is 340 g/mol. The van der Waals surface area contributed by atoms with Crippen molar-refractivity contribution in [2.24, 2.45) is 0 Å². The van der Waals surface area contributed by atoms with Gasteiger partial charge in [0.15, 0.2) is 0 Å². The van der Waals surface area contributed by atoms with Gasteiger partial charge in [0.25, 0.3) is 5.91 Å². The van der Waals surface area contributed by atoms with Gasteiger partial charge in [0.1, 0.15) is 11.6 Å². The van der Waals surface area contributed by atoms with E-state index >= 15 is 0 Å². The summed E-state index contributed by atoms with van der Waals surface area (Å²) in [4.78, 5) is 16.1. The SMILES string of the molecule is Cc1cc(F)c(Br)cc1NC(=O)c1n[nH]c(C(C)C)n1. The van der Waals surface area contributed by atoms with Gasteiger partial charge in [0, 0.05) is 11.6 Å². The molecule has 20 heavy (non-hydrogen) atoms. The van der Waals surface area contributed by atoms with Crippen LogP contribution < -0.4 is 5.32 Å². The van der Waals surface area contributed by atoms with Gasteiger partial charge in [-0.15, -0.1) is 5.10 Å². The first-order valence-electron chi connectivity index (χ1n) is 6.07. The number of anilines is 1. The minimum Gasteiger partial charge on any atom is -0.319 e. The van der Waals surface area contributed by atoms with Crippen molar-refractivity contribution in [2.45, 2.75) is 26.7 Å². The van der Waals surface area contributed by atoms with Gasteiger partial charge in [-0.1, -0.05) is 13.8 Å². The van der Waals surface area contributed by atoms with Gasteiger partial charge in [0.05, 0.1) is 4.47 Å². The number of aromatic amines is 1. The molecule has 0 saturated heterocycles. The summed E-state index contributed by atoms with van der Waals surface area (Å²) in [7, 11) is 0. The highest BCUT2D eigenvalue weighted by Crippen LogP contribution is 2.24. The Kier molecular flexibility index (Phi) is 4.17. The van der Waals surface area contributed by atoms with Gasteiger partial charge in [0.2, 0.25) is 5.82 Å². The van der Waals surface area contributed by atoms with Crippen molar-refractivity contribution >= 4 is 27.5 Å². The van der Waals surface area contributed by atoms with Crippen molar-refractivity contribution in [1.82, 2.24) is 15.2 Å². The number of carbonyl (C=O) groups excluding carboxylic acids is 1. The lowest BCUT2D eigenvalue weighted by molar-refractivity contribution is 0.101. The van der Waals surface area contributed by atoms with Crippen LogP contribution in [0.2, 0.25) is 0 Å². The predicted octanol–water partition coefficient (Wildman–Crippen LogP) is 3.39. The summed E-state index contributed by atoms with van der Waals surface area (Å²) >= 11 is 3.09. The number of carbonyl (C=O) groups is 1. The molecule has 0 radical (unpaired) electrons. The highest BCUT2D eigenvalue weighted by molar-refractivity contribution is 9.10. The standard InChI is InChI=1S/C13H14BrFN4O/c1-6(2)11-17-12(19-18-11)13(20)16-10-5-8(14)9(15)4-7(10)3/h4-6H,1-3H3,(H,16,20)(H,17,18,19). The fourth-order valence-electron chi connectivity index (χ4n) is 1.59. The number of hydrogen-bond donors (Lipinski definition) is 2. The highest BCUT2D eigenvalue weighted by Gasteiger charge is 2.15. The van der Waals surface area contributed by atoms with E-state index in [-0.39, 0.29) is 22.0 Å². The third-order valence-corrected chi connectivity index (χ3v) is 3.38. The summed E-state index contributed by atoms with van der Waals surface area (Å²) in [6.45, 7) is 5.61. The number of halogens is 2. The summed E-state index contributed by atoms with van der Waals surface area (Å²) in [5.41, 5.74) is 1.14. The summed E-state index contributed by atoms with van der Waals surface area (Å²) in [5, 5.41) is 9.25. The Morgan fingerprint density at radius 3 is 2.75 bits per heavy atom. The van der Waals surface area contributed by atoms with E-state index in [0.717, 1.165) is 0 Å². The number of benzene rings is 1. The third kappa shape index (κ3) is 3.04. The summed E-state index contributed by atoms with van der Waals surface area (Å²) < 4.78 is 13.6. The number of amides is 1. The molecule has 1 aromatic carbocycles. The van der Waals surface area contributed by atoms with Crippen molar-refractivity contribution < 1.29 is 9.18 Å². The Hall–Kier alpha value is -1.76. The first-order chi connectivity index (χ1) is 9.38. The Balaban J connectivity index is 2.21. The molecule has 0 unspecified atom stereocenters. The zero-order chi connectivity index (χ0) is 14.9. The van der Waals surface area contributed by atoms with Gasteiger partial charge >= 0.3 is 0 Å². The first-order valence-corrected chi connectivity index (χ1v) is 6.87. The average molecular weight is 341 g/mol. The second-order valence-electron chi connectivity index (χ2n) is 4.73. The van der Waals surface area contributed by atoms with Crippen molar-refractivity contribution in [1.29, 1.82) is 0 Å². The predicted molar refractivity (Wildman–Crippen MR) is 77.3 cm³/mol. The lowest BCUT2D eigenvalue weighted by Gasteiger charge is -2.07. The van der Waals surface area contributed by atoms with E-state index in [4.69, 9.17) is 0 Å². The van der Waals surface area contributed by atoms with Gasteiger partial charge in [-0.05, 0) is 40.5 Å². The summed E-state index contributed by atoms with van der Waals surface area (Å²) in [6.07, 6.45) is 0. The summed E-state index contributed by atoms with van der Waals surface area (Å²) in [6, 6.07) is 2.86. The van der Waals surface area contributed by atoms with Crippen molar-refractivity contribution in [3.05, 3.63) is 39.6 Å². The topological polar surface area (TPSA) is 70.7 Å². The molecule has 0 aliphatic carbocycles. The molecular weight excluding hydrogens is 327 g/mol. The van der Waals surface area contributed by atoms with Crippen molar-refractivity contribution in [2.75, 3.05) is 5.32 Å². The first kappa shape index (κ1) is 14.6. The molecule has 5 nitrogen and oxygen atoms in total. The fourth-order valence-corrected chi connectivity index (χ4v) is 1.94. The fraction of sp³-hybridized carbons (Fsp3) is 0.308. The van der Waals surface area contributed by atoms with Crippen molar-refractivity contribution in [3.63, 3.8) is 0 Å². The second-order valence-corrected chi connectivity index (χ2v) is 5.59. The lowest BCUT2D eigenvalue weighted by Crippen LogP contribution is -2.15. The molecule has 0 bridgehead atoms. The molecule has 2 aromatic rings. The number of aryl methyl sites for hydroxylation is 1. The van der Waals surface area contributed by atoms with E-state index < -0.39 is 5.91 Å². The highest BCUT2D eigenvalue weighted by atomic mass is 79.9. The molecule has 0 saturated carbocycles. The number of hydrogen-bond acceptors (Lipinski definition) is 3. The van der Waals surface area contributed by atoms with Crippen LogP contribution in [0.4, 0.5) is 10.1 Å². The smallest absolute Gasteiger partial charge is 0.295 e. The Labute approximate surface area is 124 Å². The zero-order valence-corrected chi connectivity index (χ0v) is 12.9. The molecule has 2 rings (SSSR count). The van der Waals surface area contributed by atoms with E-state index in [9.17, 15) is 9.18 Å². The lowest BCUT2D eigenvalue weighted by atomic mass is 10.2. The van der Waals surface area contributed by atoms with Crippen LogP contribution in [0.3, 0.4) is 0 Å². The van der Waals surface area contributed by atoms with Crippen LogP contribution in [-0.4, -0.2) is 21.1 Å². The number of nitrogens with zero attached hydrogens (tertiary/aromatic N) is 2. The number of H-pyrrole nitrogens is 1. The van der Waals surface area contributed by atoms with Gasteiger partial charge in [-0.25, -0.2) is 9.37 Å². The molecular formula is C13H14BrFN4O. The van der Waals surface area contributed by atoms with E-state index in [1.165, 1.54) is 12.1 Å². The van der Waals surface area contributed by atoms with Crippen LogP contribution in [0.25, 0.3) is 0 Å². The number of nitrogens with one attached hydrogen (secondary N) is 2. The second kappa shape index (κ2) is 5.70. The van der Waals surface area contributed by atoms with Crippen molar-refractivity contribution in [3.8, 4) is 0 Å². The number of rotatable bonds is 3. The largest absolute Gasteiger partial charge is 0.319 e. The molecule has 106 valence electrons. The van der Waals surface area contributed by atoms with Crippen LogP contribution in [-0.2, 0) is 0 Å². The van der Waals surface area contributed by atoms with Crippen LogP contribution in [0.1, 0.15) is 41.8 Å². The van der Waals surface area contributed by atoms with E-state index in [1.54, 1.807) is 6.92 Å². The maximum Gasteiger partial charge on any atom is 0.295 e.